The molecule has 2 heterocycles. The van der Waals surface area contributed by atoms with Gasteiger partial charge in [0.25, 0.3) is 5.56 Å². The molecule has 8 heteroatoms. The lowest BCUT2D eigenvalue weighted by Crippen LogP contribution is -2.13. The van der Waals surface area contributed by atoms with Crippen LogP contribution < -0.4 is 11.3 Å². The Balaban J connectivity index is 2.33. The van der Waals surface area contributed by atoms with Gasteiger partial charge in [-0.15, -0.1) is 0 Å². The summed E-state index contributed by atoms with van der Waals surface area (Å²) in [5, 5.41) is 8.77. The van der Waals surface area contributed by atoms with Gasteiger partial charge in [-0.1, -0.05) is 0 Å². The number of hydrogen-bond donors (Lipinski definition) is 4. The highest BCUT2D eigenvalue weighted by Gasteiger charge is 2.10. The average Bonchev–Trinajstić information content (AvgIpc) is 2.69. The number of nitrogens with two attached hydrogens (primary N) is 1. The Morgan fingerprint density at radius 1 is 1.65 bits per heavy atom. The summed E-state index contributed by atoms with van der Waals surface area (Å²) in [6, 6.07) is 0. The van der Waals surface area contributed by atoms with Gasteiger partial charge < -0.3 is 15.4 Å². The number of nitrogens with zero attached hydrogens (tertiary/aromatic N) is 3. The second-order valence-corrected chi connectivity index (χ2v) is 4.42. The molecular formula is C9H13N5O2S. The summed E-state index contributed by atoms with van der Waals surface area (Å²) in [7, 11) is 0. The molecule has 0 saturated carbocycles. The number of aromatic nitrogens is 4. The predicted molar refractivity (Wildman–Crippen MR) is 67.0 cm³/mol. The van der Waals surface area contributed by atoms with Crippen molar-refractivity contribution in [3.8, 4) is 0 Å². The van der Waals surface area contributed by atoms with Crippen LogP contribution in [-0.2, 0) is 6.54 Å². The highest BCUT2D eigenvalue weighted by atomic mass is 32.1. The van der Waals surface area contributed by atoms with Crippen molar-refractivity contribution in [3.05, 3.63) is 16.7 Å². The van der Waals surface area contributed by atoms with Crippen LogP contribution in [-0.4, -0.2) is 36.5 Å². The van der Waals surface area contributed by atoms with Gasteiger partial charge in [-0.25, -0.2) is 4.98 Å². The number of thiol groups is 1. The van der Waals surface area contributed by atoms with Gasteiger partial charge >= 0.3 is 0 Å². The van der Waals surface area contributed by atoms with E-state index in [9.17, 15) is 4.79 Å². The number of nitrogen functional groups attached to an aromatic ring is 1. The minimum atomic E-state index is -0.351. The molecule has 7 nitrogen and oxygen atoms in total. The maximum absolute atomic E-state index is 11.5. The van der Waals surface area contributed by atoms with Crippen LogP contribution >= 0.6 is 12.6 Å². The zero-order valence-electron chi connectivity index (χ0n) is 9.00. The number of aliphatic hydroxyl groups is 1. The summed E-state index contributed by atoms with van der Waals surface area (Å²) < 4.78 is 1.72. The third-order valence-electron chi connectivity index (χ3n) is 2.41. The molecule has 2 rings (SSSR count). The summed E-state index contributed by atoms with van der Waals surface area (Å²) in [5.74, 6) is 0.0637. The molecule has 0 saturated heterocycles. The molecule has 0 aromatic carbocycles. The molecular weight excluding hydrogens is 242 g/mol. The number of aryl methyl sites for hydroxylation is 1. The van der Waals surface area contributed by atoms with E-state index in [0.29, 0.717) is 18.6 Å². The number of fused-ring (bicyclic) bond motifs is 1. The molecule has 17 heavy (non-hydrogen) atoms. The van der Waals surface area contributed by atoms with Gasteiger partial charge in [0.2, 0.25) is 5.95 Å². The van der Waals surface area contributed by atoms with Crippen LogP contribution in [0.15, 0.2) is 11.1 Å². The molecule has 4 N–H and O–H groups in total. The van der Waals surface area contributed by atoms with Gasteiger partial charge in [0, 0.05) is 11.8 Å². The standard InChI is InChI=1S/C9H13N5O2S/c10-9-12-7-6(8(16)13-9)11-4-14(7)2-1-5(17)3-15/h4-5,15,17H,1-3H2,(H3,10,12,13,16). The van der Waals surface area contributed by atoms with Crippen molar-refractivity contribution in [1.82, 2.24) is 19.5 Å². The number of aromatic amines is 1. The van der Waals surface area contributed by atoms with Gasteiger partial charge in [0.15, 0.2) is 11.2 Å². The normalized spacial score (nSPS) is 13.1. The van der Waals surface area contributed by atoms with Crippen molar-refractivity contribution in [2.24, 2.45) is 0 Å². The Morgan fingerprint density at radius 2 is 2.41 bits per heavy atom. The van der Waals surface area contributed by atoms with Gasteiger partial charge in [-0.2, -0.15) is 17.6 Å². The van der Waals surface area contributed by atoms with Crippen LogP contribution in [0.4, 0.5) is 5.95 Å². The fourth-order valence-electron chi connectivity index (χ4n) is 1.51. The van der Waals surface area contributed by atoms with Crippen molar-refractivity contribution in [1.29, 1.82) is 0 Å². The van der Waals surface area contributed by atoms with E-state index in [0.717, 1.165) is 0 Å². The predicted octanol–water partition coefficient (Wildman–Crippen LogP) is -0.617. The Bertz CT molecular complexity index is 578. The van der Waals surface area contributed by atoms with Crippen LogP contribution in [0.5, 0.6) is 0 Å². The fraction of sp³-hybridized carbons (Fsp3) is 0.444. The number of H-pyrrole nitrogens is 1. The minimum Gasteiger partial charge on any atom is -0.395 e. The number of nitrogens with one attached hydrogen (secondary N) is 1. The van der Waals surface area contributed by atoms with Crippen LogP contribution in [0.3, 0.4) is 0 Å². The molecule has 0 fully saturated rings. The zero-order valence-corrected chi connectivity index (χ0v) is 9.89. The number of anilines is 1. The molecule has 0 aliphatic rings. The maximum atomic E-state index is 11.5. The molecule has 2 aromatic rings. The van der Waals surface area contributed by atoms with Crippen LogP contribution in [0.25, 0.3) is 11.2 Å². The molecule has 1 unspecified atom stereocenters. The highest BCUT2D eigenvalue weighted by Crippen LogP contribution is 2.09. The van der Waals surface area contributed by atoms with E-state index in [-0.39, 0.29) is 28.9 Å². The second kappa shape index (κ2) is 4.76. The fourth-order valence-corrected chi connectivity index (χ4v) is 1.63. The first kappa shape index (κ1) is 11.9. The van der Waals surface area contributed by atoms with Crippen molar-refractivity contribution in [3.63, 3.8) is 0 Å². The zero-order chi connectivity index (χ0) is 12.4. The lowest BCUT2D eigenvalue weighted by Gasteiger charge is -2.07. The summed E-state index contributed by atoms with van der Waals surface area (Å²) in [6.07, 6.45) is 2.18. The van der Waals surface area contributed by atoms with Crippen molar-refractivity contribution < 1.29 is 5.11 Å². The van der Waals surface area contributed by atoms with E-state index in [1.54, 1.807) is 4.57 Å². The smallest absolute Gasteiger partial charge is 0.280 e. The first-order valence-corrected chi connectivity index (χ1v) is 5.63. The maximum Gasteiger partial charge on any atom is 0.280 e. The lowest BCUT2D eigenvalue weighted by molar-refractivity contribution is 0.288. The molecule has 0 amide bonds. The van der Waals surface area contributed by atoms with E-state index >= 15 is 0 Å². The van der Waals surface area contributed by atoms with E-state index in [2.05, 4.69) is 27.6 Å². The van der Waals surface area contributed by atoms with Crippen LogP contribution in [0, 0.1) is 0 Å². The Labute approximate surface area is 102 Å². The van der Waals surface area contributed by atoms with Crippen molar-refractivity contribution in [2.45, 2.75) is 18.2 Å². The van der Waals surface area contributed by atoms with E-state index < -0.39 is 0 Å². The summed E-state index contributed by atoms with van der Waals surface area (Å²) in [6.45, 7) is 0.576. The quantitative estimate of drug-likeness (QED) is 0.544. The number of aliphatic hydroxyl groups excluding tert-OH is 1. The second-order valence-electron chi connectivity index (χ2n) is 3.69. The topological polar surface area (TPSA) is 110 Å². The van der Waals surface area contributed by atoms with Gasteiger partial charge in [0.05, 0.1) is 12.9 Å². The third-order valence-corrected chi connectivity index (χ3v) is 2.83. The molecule has 0 radical (unpaired) electrons. The van der Waals surface area contributed by atoms with Gasteiger partial charge in [-0.05, 0) is 6.42 Å². The largest absolute Gasteiger partial charge is 0.395 e. The number of hydrogen-bond acceptors (Lipinski definition) is 6. The van der Waals surface area contributed by atoms with Crippen LogP contribution in [0.1, 0.15) is 6.42 Å². The van der Waals surface area contributed by atoms with E-state index in [4.69, 9.17) is 10.8 Å². The molecule has 92 valence electrons. The highest BCUT2D eigenvalue weighted by molar-refractivity contribution is 7.81. The Hall–Kier alpha value is -1.54. The first-order chi connectivity index (χ1) is 8.11. The minimum absolute atomic E-state index is 0.00584. The van der Waals surface area contributed by atoms with Crippen molar-refractivity contribution in [2.75, 3.05) is 12.3 Å². The summed E-state index contributed by atoms with van der Waals surface area (Å²) >= 11 is 4.18. The van der Waals surface area contributed by atoms with Crippen LogP contribution in [0.2, 0.25) is 0 Å². The lowest BCUT2D eigenvalue weighted by atomic mass is 10.3. The average molecular weight is 255 g/mol. The van der Waals surface area contributed by atoms with E-state index in [1.807, 2.05) is 0 Å². The number of imidazole rings is 1. The third kappa shape index (κ3) is 2.42. The van der Waals surface area contributed by atoms with Gasteiger partial charge in [0.1, 0.15) is 0 Å². The summed E-state index contributed by atoms with van der Waals surface area (Å²) in [4.78, 5) is 21.9. The Morgan fingerprint density at radius 3 is 3.12 bits per heavy atom. The molecule has 0 spiro atoms. The van der Waals surface area contributed by atoms with Crippen molar-refractivity contribution >= 4 is 29.7 Å². The number of rotatable bonds is 4. The van der Waals surface area contributed by atoms with Gasteiger partial charge in [-0.3, -0.25) is 9.78 Å². The van der Waals surface area contributed by atoms with E-state index in [1.165, 1.54) is 6.33 Å². The molecule has 0 bridgehead atoms. The first-order valence-electron chi connectivity index (χ1n) is 5.11. The summed E-state index contributed by atoms with van der Waals surface area (Å²) in [5.41, 5.74) is 5.83. The Kier molecular flexibility index (Phi) is 3.34. The monoisotopic (exact) mass is 255 g/mol. The molecule has 0 aliphatic heterocycles. The molecule has 1 atom stereocenters. The molecule has 2 aromatic heterocycles. The SMILES string of the molecule is Nc1nc2c(ncn2CCC(S)CO)c(=O)[nH]1. The molecule has 0 aliphatic carbocycles.